The van der Waals surface area contributed by atoms with E-state index in [9.17, 15) is 9.59 Å². The van der Waals surface area contributed by atoms with E-state index >= 15 is 0 Å². The highest BCUT2D eigenvalue weighted by Crippen LogP contribution is 2.21. The fraction of sp³-hybridized carbons (Fsp3) is 0.500. The van der Waals surface area contributed by atoms with Crippen LogP contribution in [0.3, 0.4) is 0 Å². The number of esters is 1. The van der Waals surface area contributed by atoms with Crippen LogP contribution in [0.4, 0.5) is 0 Å². The lowest BCUT2D eigenvalue weighted by molar-refractivity contribution is -0.141. The first-order chi connectivity index (χ1) is 8.36. The van der Waals surface area contributed by atoms with Crippen LogP contribution in [0.5, 0.6) is 0 Å². The van der Waals surface area contributed by atoms with Gasteiger partial charge in [-0.25, -0.2) is 0 Å². The van der Waals surface area contributed by atoms with Gasteiger partial charge in [-0.2, -0.15) is 0 Å². The number of hydrogen-bond donors (Lipinski definition) is 0. The van der Waals surface area contributed by atoms with E-state index in [2.05, 4.69) is 20.7 Å². The van der Waals surface area contributed by atoms with E-state index in [1.54, 1.807) is 13.0 Å². The predicted molar refractivity (Wildman–Crippen MR) is 69.3 cm³/mol. The topological polar surface area (TPSA) is 59.8 Å². The molecule has 1 heterocycles. The van der Waals surface area contributed by atoms with Gasteiger partial charge in [0.1, 0.15) is 6.54 Å². The van der Waals surface area contributed by atoms with E-state index in [-0.39, 0.29) is 24.3 Å². The second-order valence-electron chi connectivity index (χ2n) is 4.17. The van der Waals surface area contributed by atoms with Crippen LogP contribution in [0.1, 0.15) is 30.0 Å². The Labute approximate surface area is 114 Å². The van der Waals surface area contributed by atoms with E-state index in [0.717, 1.165) is 5.56 Å². The minimum absolute atomic E-state index is 0.0925. The molecule has 0 N–H and O–H groups in total. The van der Waals surface area contributed by atoms with Gasteiger partial charge in [0.05, 0.1) is 7.11 Å². The fourth-order valence-electron chi connectivity index (χ4n) is 1.48. The summed E-state index contributed by atoms with van der Waals surface area (Å²) < 4.78 is 10.4. The number of amides is 1. The molecule has 0 fully saturated rings. The number of furan rings is 1. The first kappa shape index (κ1) is 14.8. The van der Waals surface area contributed by atoms with Crippen LogP contribution in [0.25, 0.3) is 0 Å². The Balaban J connectivity index is 2.96. The third-order valence-electron chi connectivity index (χ3n) is 2.49. The molecule has 0 saturated carbocycles. The first-order valence-corrected chi connectivity index (χ1v) is 6.29. The lowest BCUT2D eigenvalue weighted by Crippen LogP contribution is -2.41. The zero-order valence-corrected chi connectivity index (χ0v) is 12.4. The molecule has 0 aromatic carbocycles. The highest BCUT2D eigenvalue weighted by atomic mass is 79.9. The molecule has 1 amide bonds. The fourth-order valence-corrected chi connectivity index (χ4v) is 1.98. The van der Waals surface area contributed by atoms with Gasteiger partial charge in [0.15, 0.2) is 10.4 Å². The molecule has 1 aromatic rings. The van der Waals surface area contributed by atoms with Crippen molar-refractivity contribution in [1.82, 2.24) is 4.90 Å². The highest BCUT2D eigenvalue weighted by molar-refractivity contribution is 9.10. The van der Waals surface area contributed by atoms with Crippen LogP contribution in [0.2, 0.25) is 0 Å². The van der Waals surface area contributed by atoms with Crippen molar-refractivity contribution in [3.63, 3.8) is 0 Å². The Hall–Kier alpha value is -1.30. The summed E-state index contributed by atoms with van der Waals surface area (Å²) in [4.78, 5) is 25.0. The lowest BCUT2D eigenvalue weighted by Gasteiger charge is -2.24. The van der Waals surface area contributed by atoms with Gasteiger partial charge in [0, 0.05) is 11.6 Å². The smallest absolute Gasteiger partial charge is 0.325 e. The van der Waals surface area contributed by atoms with Crippen molar-refractivity contribution >= 4 is 27.8 Å². The third-order valence-corrected chi connectivity index (χ3v) is 2.88. The number of aryl methyl sites for hydroxylation is 1. The number of ether oxygens (including phenoxy) is 1. The molecule has 0 bridgehead atoms. The number of methoxy groups -OCH3 is 1. The largest absolute Gasteiger partial charge is 0.468 e. The third kappa shape index (κ3) is 3.35. The minimum atomic E-state index is -0.458. The Morgan fingerprint density at radius 3 is 2.50 bits per heavy atom. The number of carbonyl (C=O) groups excluding carboxylic acids is 2. The van der Waals surface area contributed by atoms with Gasteiger partial charge in [0.25, 0.3) is 5.91 Å². The van der Waals surface area contributed by atoms with Gasteiger partial charge in [-0.15, -0.1) is 0 Å². The Bertz CT molecular complexity index is 453. The standard InChI is InChI=1S/C12H16BrNO4/c1-7(2)14(6-10(15)17-4)12(16)11-8(3)5-9(13)18-11/h5,7H,6H2,1-4H3. The van der Waals surface area contributed by atoms with Crippen LogP contribution < -0.4 is 0 Å². The molecule has 18 heavy (non-hydrogen) atoms. The summed E-state index contributed by atoms with van der Waals surface area (Å²) in [6.45, 7) is 5.34. The summed E-state index contributed by atoms with van der Waals surface area (Å²) in [6, 6.07) is 1.59. The second kappa shape index (κ2) is 6.04. The molecule has 100 valence electrons. The summed E-state index contributed by atoms with van der Waals surface area (Å²) in [6.07, 6.45) is 0. The summed E-state index contributed by atoms with van der Waals surface area (Å²) in [5.41, 5.74) is 0.724. The number of hydrogen-bond acceptors (Lipinski definition) is 4. The van der Waals surface area contributed by atoms with Crippen molar-refractivity contribution in [3.05, 3.63) is 22.1 Å². The van der Waals surface area contributed by atoms with E-state index in [1.165, 1.54) is 12.0 Å². The molecule has 0 unspecified atom stereocenters. The zero-order chi connectivity index (χ0) is 13.9. The van der Waals surface area contributed by atoms with Crippen LogP contribution in [-0.2, 0) is 9.53 Å². The Morgan fingerprint density at radius 1 is 1.50 bits per heavy atom. The van der Waals surface area contributed by atoms with Crippen LogP contribution >= 0.6 is 15.9 Å². The monoisotopic (exact) mass is 317 g/mol. The summed E-state index contributed by atoms with van der Waals surface area (Å²) in [5, 5.41) is 0. The average Bonchev–Trinajstić information content (AvgIpc) is 2.63. The molecule has 0 radical (unpaired) electrons. The minimum Gasteiger partial charge on any atom is -0.468 e. The van der Waals surface area contributed by atoms with E-state index in [1.807, 2.05) is 13.8 Å². The van der Waals surface area contributed by atoms with Crippen molar-refractivity contribution in [2.24, 2.45) is 0 Å². The molecule has 0 aliphatic rings. The van der Waals surface area contributed by atoms with Crippen LogP contribution in [0, 0.1) is 6.92 Å². The zero-order valence-electron chi connectivity index (χ0n) is 10.8. The number of rotatable bonds is 4. The molecule has 0 aliphatic heterocycles. The SMILES string of the molecule is COC(=O)CN(C(=O)c1oc(Br)cc1C)C(C)C. The molecular weight excluding hydrogens is 302 g/mol. The predicted octanol–water partition coefficient (Wildman–Crippen LogP) is 2.37. The normalized spacial score (nSPS) is 10.6. The van der Waals surface area contributed by atoms with Crippen molar-refractivity contribution in [2.75, 3.05) is 13.7 Å². The lowest BCUT2D eigenvalue weighted by atomic mass is 10.2. The highest BCUT2D eigenvalue weighted by Gasteiger charge is 2.26. The summed E-state index contributed by atoms with van der Waals surface area (Å²) in [5.74, 6) is -0.543. The second-order valence-corrected chi connectivity index (χ2v) is 4.95. The maximum atomic E-state index is 12.3. The molecule has 1 aromatic heterocycles. The molecular formula is C12H16BrNO4. The van der Waals surface area contributed by atoms with Crippen LogP contribution in [-0.4, -0.2) is 36.5 Å². The quantitative estimate of drug-likeness (QED) is 0.800. The van der Waals surface area contributed by atoms with Gasteiger partial charge in [-0.1, -0.05) is 0 Å². The number of halogens is 1. The molecule has 5 nitrogen and oxygen atoms in total. The van der Waals surface area contributed by atoms with Gasteiger partial charge < -0.3 is 14.1 Å². The van der Waals surface area contributed by atoms with Gasteiger partial charge in [-0.05, 0) is 42.8 Å². The van der Waals surface area contributed by atoms with Crippen molar-refractivity contribution in [3.8, 4) is 0 Å². The van der Waals surface area contributed by atoms with E-state index < -0.39 is 5.97 Å². The van der Waals surface area contributed by atoms with Gasteiger partial charge in [-0.3, -0.25) is 9.59 Å². The molecule has 1 rings (SSSR count). The molecule has 0 saturated heterocycles. The number of nitrogens with zero attached hydrogens (tertiary/aromatic N) is 1. The van der Waals surface area contributed by atoms with Crippen molar-refractivity contribution in [1.29, 1.82) is 0 Å². The van der Waals surface area contributed by atoms with Crippen molar-refractivity contribution < 1.29 is 18.7 Å². The van der Waals surface area contributed by atoms with Crippen molar-refractivity contribution in [2.45, 2.75) is 26.8 Å². The summed E-state index contributed by atoms with van der Waals surface area (Å²) in [7, 11) is 1.29. The van der Waals surface area contributed by atoms with E-state index in [4.69, 9.17) is 4.42 Å². The summed E-state index contributed by atoms with van der Waals surface area (Å²) >= 11 is 3.17. The van der Waals surface area contributed by atoms with Crippen LogP contribution in [0.15, 0.2) is 15.2 Å². The first-order valence-electron chi connectivity index (χ1n) is 5.50. The molecule has 0 spiro atoms. The molecule has 0 aliphatic carbocycles. The molecule has 6 heteroatoms. The Morgan fingerprint density at radius 2 is 2.11 bits per heavy atom. The Kier molecular flexibility index (Phi) is 4.95. The average molecular weight is 318 g/mol. The van der Waals surface area contributed by atoms with E-state index in [0.29, 0.717) is 4.67 Å². The van der Waals surface area contributed by atoms with Gasteiger partial charge in [0.2, 0.25) is 0 Å². The van der Waals surface area contributed by atoms with Gasteiger partial charge >= 0.3 is 5.97 Å². The molecule has 0 atom stereocenters. The maximum Gasteiger partial charge on any atom is 0.325 e. The maximum absolute atomic E-state index is 12.3. The number of carbonyl (C=O) groups is 2.